The van der Waals surface area contributed by atoms with Crippen LogP contribution in [0.4, 0.5) is 0 Å². The van der Waals surface area contributed by atoms with Crippen molar-refractivity contribution in [3.8, 4) is 0 Å². The summed E-state index contributed by atoms with van der Waals surface area (Å²) in [6.07, 6.45) is 3.31. The average molecular weight is 131 g/mol. The average Bonchev–Trinajstić information content (AvgIpc) is 1.83. The fraction of sp³-hybridized carbons (Fsp3) is 0.200. The molecule has 0 aromatic carbocycles. The third-order valence-electron chi connectivity index (χ3n) is 0.461. The molecule has 0 aromatic heterocycles. The molecule has 0 aliphatic carbocycles. The van der Waals surface area contributed by atoms with Crippen LogP contribution in [0.2, 0.25) is 0 Å². The van der Waals surface area contributed by atoms with Crippen LogP contribution in [-0.2, 0) is 0 Å². The second kappa shape index (κ2) is 4.53. The highest BCUT2D eigenvalue weighted by Gasteiger charge is 1.76. The first kappa shape index (κ1) is 7.37. The third kappa shape index (κ3) is 3.56. The van der Waals surface area contributed by atoms with Gasteiger partial charge < -0.3 is 0 Å². The Morgan fingerprint density at radius 2 is 2.38 bits per heavy atom. The molecule has 0 saturated heterocycles. The standard InChI is InChI=1S/C5H7ClN2/c1-3-4-8-5(6)7-2/h3-4H,2H2,1H3/b4-3-,8-5-. The van der Waals surface area contributed by atoms with E-state index < -0.39 is 0 Å². The van der Waals surface area contributed by atoms with E-state index >= 15 is 0 Å². The van der Waals surface area contributed by atoms with Crippen LogP contribution in [0.25, 0.3) is 0 Å². The quantitative estimate of drug-likeness (QED) is 0.294. The van der Waals surface area contributed by atoms with Gasteiger partial charge >= 0.3 is 0 Å². The Hall–Kier alpha value is -0.630. The highest BCUT2D eigenvalue weighted by Crippen LogP contribution is 1.86. The number of hydrogen-bond donors (Lipinski definition) is 0. The third-order valence-corrected chi connectivity index (χ3v) is 0.678. The molecule has 0 heterocycles. The zero-order chi connectivity index (χ0) is 6.41. The van der Waals surface area contributed by atoms with Gasteiger partial charge in [-0.3, -0.25) is 0 Å². The van der Waals surface area contributed by atoms with Crippen molar-refractivity contribution in [2.75, 3.05) is 0 Å². The van der Waals surface area contributed by atoms with E-state index in [0.29, 0.717) is 0 Å². The van der Waals surface area contributed by atoms with Crippen molar-refractivity contribution in [2.24, 2.45) is 9.98 Å². The van der Waals surface area contributed by atoms with Gasteiger partial charge in [0.1, 0.15) is 0 Å². The summed E-state index contributed by atoms with van der Waals surface area (Å²) in [7, 11) is 0. The van der Waals surface area contributed by atoms with E-state index in [0.717, 1.165) is 0 Å². The Morgan fingerprint density at radius 1 is 1.75 bits per heavy atom. The van der Waals surface area contributed by atoms with Crippen molar-refractivity contribution in [1.82, 2.24) is 0 Å². The molecule has 0 rings (SSSR count). The lowest BCUT2D eigenvalue weighted by atomic mass is 10.7. The van der Waals surface area contributed by atoms with E-state index in [1.165, 1.54) is 0 Å². The number of nitrogens with zero attached hydrogens (tertiary/aromatic N) is 2. The Balaban J connectivity index is 3.74. The summed E-state index contributed by atoms with van der Waals surface area (Å²) in [5, 5.41) is 0.170. The van der Waals surface area contributed by atoms with E-state index in [2.05, 4.69) is 16.7 Å². The van der Waals surface area contributed by atoms with Crippen molar-refractivity contribution in [3.05, 3.63) is 12.3 Å². The van der Waals surface area contributed by atoms with Crippen LogP contribution in [0.5, 0.6) is 0 Å². The van der Waals surface area contributed by atoms with Crippen molar-refractivity contribution >= 4 is 23.6 Å². The lowest BCUT2D eigenvalue weighted by molar-refractivity contribution is 1.51. The van der Waals surface area contributed by atoms with Crippen molar-refractivity contribution < 1.29 is 0 Å². The first-order chi connectivity index (χ1) is 3.81. The summed E-state index contributed by atoms with van der Waals surface area (Å²) in [6, 6.07) is 0. The van der Waals surface area contributed by atoms with Crippen molar-refractivity contribution in [3.63, 3.8) is 0 Å². The van der Waals surface area contributed by atoms with Gasteiger partial charge in [0.15, 0.2) is 0 Å². The van der Waals surface area contributed by atoms with E-state index in [4.69, 9.17) is 11.6 Å². The molecule has 0 spiro atoms. The molecule has 0 unspecified atom stereocenters. The molecular formula is C5H7ClN2. The highest BCUT2D eigenvalue weighted by atomic mass is 35.5. The summed E-state index contributed by atoms with van der Waals surface area (Å²) < 4.78 is 0. The van der Waals surface area contributed by atoms with Gasteiger partial charge in [-0.2, -0.15) is 0 Å². The van der Waals surface area contributed by atoms with Crippen molar-refractivity contribution in [1.29, 1.82) is 0 Å². The maximum absolute atomic E-state index is 5.31. The highest BCUT2D eigenvalue weighted by molar-refractivity contribution is 6.65. The molecule has 0 bridgehead atoms. The fourth-order valence-corrected chi connectivity index (χ4v) is 0.233. The Labute approximate surface area is 53.6 Å². The number of allylic oxidation sites excluding steroid dienone is 1. The zero-order valence-electron chi connectivity index (χ0n) is 4.63. The second-order valence-corrected chi connectivity index (χ2v) is 1.38. The minimum atomic E-state index is 0.170. The predicted molar refractivity (Wildman–Crippen MR) is 37.7 cm³/mol. The molecular weight excluding hydrogens is 124 g/mol. The first-order valence-electron chi connectivity index (χ1n) is 2.12. The SMILES string of the molecule is C=N/C(Cl)=N\C=C/C. The van der Waals surface area contributed by atoms with Crippen LogP contribution >= 0.6 is 11.6 Å². The van der Waals surface area contributed by atoms with Crippen LogP contribution < -0.4 is 0 Å². The molecule has 44 valence electrons. The zero-order valence-corrected chi connectivity index (χ0v) is 5.39. The molecule has 0 amide bonds. The van der Waals surface area contributed by atoms with Crippen LogP contribution in [0.1, 0.15) is 6.92 Å². The van der Waals surface area contributed by atoms with Gasteiger partial charge in [0.05, 0.1) is 0 Å². The molecule has 0 aliphatic heterocycles. The van der Waals surface area contributed by atoms with Gasteiger partial charge in [0, 0.05) is 6.20 Å². The smallest absolute Gasteiger partial charge is 0.221 e. The molecule has 0 atom stereocenters. The maximum atomic E-state index is 5.31. The Bertz CT molecular complexity index is 126. The largest absolute Gasteiger partial charge is 0.235 e. The normalized spacial score (nSPS) is 12.5. The van der Waals surface area contributed by atoms with Gasteiger partial charge in [-0.05, 0) is 25.2 Å². The number of hydrogen-bond acceptors (Lipinski definition) is 1. The molecule has 0 saturated carbocycles. The van der Waals surface area contributed by atoms with Crippen LogP contribution in [0, 0.1) is 0 Å². The number of rotatable bonds is 1. The number of halogens is 1. The minimum Gasteiger partial charge on any atom is -0.235 e. The number of aliphatic imine (C=N–C) groups is 2. The monoisotopic (exact) mass is 130 g/mol. The molecule has 0 aliphatic rings. The number of amidine groups is 1. The molecule has 0 aromatic rings. The summed E-state index contributed by atoms with van der Waals surface area (Å²) in [5.74, 6) is 0. The summed E-state index contributed by atoms with van der Waals surface area (Å²) >= 11 is 5.31. The predicted octanol–water partition coefficient (Wildman–Crippen LogP) is 1.82. The van der Waals surface area contributed by atoms with Crippen LogP contribution in [0.3, 0.4) is 0 Å². The van der Waals surface area contributed by atoms with E-state index in [9.17, 15) is 0 Å². The van der Waals surface area contributed by atoms with Gasteiger partial charge in [0.2, 0.25) is 5.29 Å². The Morgan fingerprint density at radius 3 is 2.75 bits per heavy atom. The summed E-state index contributed by atoms with van der Waals surface area (Å²) in [4.78, 5) is 6.97. The van der Waals surface area contributed by atoms with E-state index in [1.54, 1.807) is 12.3 Å². The van der Waals surface area contributed by atoms with Crippen LogP contribution in [0.15, 0.2) is 22.3 Å². The molecule has 0 fully saturated rings. The second-order valence-electron chi connectivity index (χ2n) is 1.04. The lowest BCUT2D eigenvalue weighted by Crippen LogP contribution is -1.73. The van der Waals surface area contributed by atoms with Gasteiger partial charge in [-0.15, -0.1) is 0 Å². The molecule has 8 heavy (non-hydrogen) atoms. The molecule has 0 radical (unpaired) electrons. The molecule has 2 nitrogen and oxygen atoms in total. The van der Waals surface area contributed by atoms with Crippen LogP contribution in [-0.4, -0.2) is 12.0 Å². The summed E-state index contributed by atoms with van der Waals surface area (Å²) in [5.41, 5.74) is 0. The van der Waals surface area contributed by atoms with Gasteiger partial charge in [0.25, 0.3) is 0 Å². The molecule has 0 N–H and O–H groups in total. The van der Waals surface area contributed by atoms with Crippen molar-refractivity contribution in [2.45, 2.75) is 6.92 Å². The van der Waals surface area contributed by atoms with E-state index in [-0.39, 0.29) is 5.29 Å². The van der Waals surface area contributed by atoms with Gasteiger partial charge in [-0.1, -0.05) is 6.08 Å². The maximum Gasteiger partial charge on any atom is 0.221 e. The molecule has 3 heteroatoms. The topological polar surface area (TPSA) is 24.7 Å². The lowest BCUT2D eigenvalue weighted by Gasteiger charge is -1.77. The Kier molecular flexibility index (Phi) is 4.17. The first-order valence-corrected chi connectivity index (χ1v) is 2.50. The summed E-state index contributed by atoms with van der Waals surface area (Å²) in [6.45, 7) is 5.01. The van der Waals surface area contributed by atoms with E-state index in [1.807, 2.05) is 6.92 Å². The fourth-order valence-electron chi connectivity index (χ4n) is 0.177. The minimum absolute atomic E-state index is 0.170. The van der Waals surface area contributed by atoms with Gasteiger partial charge in [-0.25, -0.2) is 9.98 Å².